The molecule has 2 aromatic carbocycles. The molecule has 1 amide bonds. The van der Waals surface area contributed by atoms with Gasteiger partial charge < -0.3 is 10.1 Å². The maximum atomic E-state index is 12.8. The lowest BCUT2D eigenvalue weighted by atomic mass is 10.1. The molecule has 24 heavy (non-hydrogen) atoms. The summed E-state index contributed by atoms with van der Waals surface area (Å²) in [5, 5.41) is 3.75. The Morgan fingerprint density at radius 2 is 1.96 bits per heavy atom. The van der Waals surface area contributed by atoms with E-state index in [1.165, 1.54) is 12.1 Å². The van der Waals surface area contributed by atoms with E-state index in [-0.39, 0.29) is 18.3 Å². The molecule has 0 aliphatic carbocycles. The highest BCUT2D eigenvalue weighted by Crippen LogP contribution is 2.18. The average molecular weight is 324 g/mol. The minimum absolute atomic E-state index is 0.0464. The topological polar surface area (TPSA) is 51.2 Å². The largest absolute Gasteiger partial charge is 0.484 e. The van der Waals surface area contributed by atoms with Crippen LogP contribution in [0.15, 0.2) is 60.8 Å². The Morgan fingerprint density at radius 1 is 1.12 bits per heavy atom. The van der Waals surface area contributed by atoms with Crippen LogP contribution >= 0.6 is 0 Å². The zero-order valence-corrected chi connectivity index (χ0v) is 13.0. The number of nitrogens with zero attached hydrogens (tertiary/aromatic N) is 1. The molecular formula is C19H17FN2O2. The van der Waals surface area contributed by atoms with Crippen LogP contribution in [0.25, 0.3) is 10.9 Å². The van der Waals surface area contributed by atoms with E-state index in [1.54, 1.807) is 24.4 Å². The summed E-state index contributed by atoms with van der Waals surface area (Å²) in [5.74, 6) is 0.175. The summed E-state index contributed by atoms with van der Waals surface area (Å²) in [5.41, 5.74) is 1.85. The van der Waals surface area contributed by atoms with Crippen LogP contribution in [0.2, 0.25) is 0 Å². The molecule has 0 saturated carbocycles. The lowest BCUT2D eigenvalue weighted by Crippen LogP contribution is -2.30. The molecule has 0 spiro atoms. The first-order chi connectivity index (χ1) is 11.7. The van der Waals surface area contributed by atoms with Gasteiger partial charge in [0, 0.05) is 18.1 Å². The van der Waals surface area contributed by atoms with Crippen molar-refractivity contribution in [2.75, 3.05) is 13.2 Å². The van der Waals surface area contributed by atoms with E-state index < -0.39 is 0 Å². The van der Waals surface area contributed by atoms with Gasteiger partial charge in [-0.1, -0.05) is 18.2 Å². The lowest BCUT2D eigenvalue weighted by Gasteiger charge is -2.08. The molecule has 0 aliphatic rings. The normalized spacial score (nSPS) is 10.5. The SMILES string of the molecule is O=C(COc1ccc2ncccc2c1)NCCc1ccc(F)cc1. The third kappa shape index (κ3) is 4.29. The van der Waals surface area contributed by atoms with Crippen LogP contribution in [0.3, 0.4) is 0 Å². The van der Waals surface area contributed by atoms with Crippen LogP contribution in [-0.2, 0) is 11.2 Å². The van der Waals surface area contributed by atoms with Crippen LogP contribution in [-0.4, -0.2) is 24.0 Å². The highest BCUT2D eigenvalue weighted by atomic mass is 19.1. The maximum absolute atomic E-state index is 12.8. The van der Waals surface area contributed by atoms with Gasteiger partial charge in [-0.15, -0.1) is 0 Å². The van der Waals surface area contributed by atoms with Gasteiger partial charge in [-0.3, -0.25) is 9.78 Å². The summed E-state index contributed by atoms with van der Waals surface area (Å²) in [6.45, 7) is 0.435. The molecule has 0 unspecified atom stereocenters. The van der Waals surface area contributed by atoms with E-state index in [9.17, 15) is 9.18 Å². The number of fused-ring (bicyclic) bond motifs is 1. The monoisotopic (exact) mass is 324 g/mol. The molecule has 0 atom stereocenters. The summed E-state index contributed by atoms with van der Waals surface area (Å²) >= 11 is 0. The Balaban J connectivity index is 1.45. The number of carbonyl (C=O) groups excluding carboxylic acids is 1. The number of rotatable bonds is 6. The zero-order valence-electron chi connectivity index (χ0n) is 13.0. The van der Waals surface area contributed by atoms with Gasteiger partial charge in [-0.05, 0) is 48.4 Å². The number of nitrogens with one attached hydrogen (secondary N) is 1. The highest BCUT2D eigenvalue weighted by Gasteiger charge is 2.04. The van der Waals surface area contributed by atoms with Crippen LogP contribution in [0.5, 0.6) is 5.75 Å². The van der Waals surface area contributed by atoms with E-state index in [1.807, 2.05) is 24.3 Å². The predicted octanol–water partition coefficient (Wildman–Crippen LogP) is 3.11. The fourth-order valence-electron chi connectivity index (χ4n) is 2.34. The molecule has 0 fully saturated rings. The van der Waals surface area contributed by atoms with Crippen LogP contribution in [0.4, 0.5) is 4.39 Å². The Labute approximate surface area is 139 Å². The molecular weight excluding hydrogens is 307 g/mol. The molecule has 4 nitrogen and oxygen atoms in total. The van der Waals surface area contributed by atoms with Gasteiger partial charge in [0.2, 0.25) is 0 Å². The third-order valence-electron chi connectivity index (χ3n) is 3.59. The van der Waals surface area contributed by atoms with Crippen molar-refractivity contribution in [1.82, 2.24) is 10.3 Å². The molecule has 0 saturated heterocycles. The van der Waals surface area contributed by atoms with E-state index in [0.29, 0.717) is 18.7 Å². The van der Waals surface area contributed by atoms with E-state index in [4.69, 9.17) is 4.74 Å². The first-order valence-corrected chi connectivity index (χ1v) is 7.69. The summed E-state index contributed by atoms with van der Waals surface area (Å²) in [6.07, 6.45) is 2.38. The molecule has 5 heteroatoms. The van der Waals surface area contributed by atoms with E-state index in [2.05, 4.69) is 10.3 Å². The number of benzene rings is 2. The Kier molecular flexibility index (Phi) is 5.01. The number of carbonyl (C=O) groups is 1. The fourth-order valence-corrected chi connectivity index (χ4v) is 2.34. The van der Waals surface area contributed by atoms with Gasteiger partial charge in [0.05, 0.1) is 5.52 Å². The van der Waals surface area contributed by atoms with Crippen molar-refractivity contribution in [1.29, 1.82) is 0 Å². The van der Waals surface area contributed by atoms with Crippen molar-refractivity contribution >= 4 is 16.8 Å². The smallest absolute Gasteiger partial charge is 0.257 e. The summed E-state index contributed by atoms with van der Waals surface area (Å²) in [6, 6.07) is 15.5. The molecule has 1 heterocycles. The van der Waals surface area contributed by atoms with Crippen LogP contribution in [0.1, 0.15) is 5.56 Å². The van der Waals surface area contributed by atoms with Crippen molar-refractivity contribution in [2.24, 2.45) is 0 Å². The molecule has 3 aromatic rings. The predicted molar refractivity (Wildman–Crippen MR) is 90.4 cm³/mol. The average Bonchev–Trinajstić information content (AvgIpc) is 2.61. The second-order valence-electron chi connectivity index (χ2n) is 5.37. The Morgan fingerprint density at radius 3 is 2.79 bits per heavy atom. The number of ether oxygens (including phenoxy) is 1. The fraction of sp³-hybridized carbons (Fsp3) is 0.158. The van der Waals surface area contributed by atoms with Crippen LogP contribution in [0, 0.1) is 5.82 Å². The van der Waals surface area contributed by atoms with Crippen molar-refractivity contribution in [3.05, 3.63) is 72.2 Å². The van der Waals surface area contributed by atoms with Gasteiger partial charge in [-0.25, -0.2) is 4.39 Å². The molecule has 0 bridgehead atoms. The molecule has 0 radical (unpaired) electrons. The van der Waals surface area contributed by atoms with E-state index >= 15 is 0 Å². The number of pyridine rings is 1. The minimum Gasteiger partial charge on any atom is -0.484 e. The van der Waals surface area contributed by atoms with Crippen molar-refractivity contribution in [2.45, 2.75) is 6.42 Å². The molecule has 122 valence electrons. The second-order valence-corrected chi connectivity index (χ2v) is 5.37. The number of aromatic nitrogens is 1. The maximum Gasteiger partial charge on any atom is 0.257 e. The first-order valence-electron chi connectivity index (χ1n) is 7.69. The number of amides is 1. The highest BCUT2D eigenvalue weighted by molar-refractivity contribution is 5.80. The van der Waals surface area contributed by atoms with E-state index in [0.717, 1.165) is 16.5 Å². The molecule has 1 N–H and O–H groups in total. The number of hydrogen-bond donors (Lipinski definition) is 1. The summed E-state index contributed by atoms with van der Waals surface area (Å²) in [7, 11) is 0. The van der Waals surface area contributed by atoms with Gasteiger partial charge in [0.1, 0.15) is 11.6 Å². The van der Waals surface area contributed by atoms with Gasteiger partial charge >= 0.3 is 0 Å². The van der Waals surface area contributed by atoms with Crippen molar-refractivity contribution in [3.63, 3.8) is 0 Å². The van der Waals surface area contributed by atoms with Crippen LogP contribution < -0.4 is 10.1 Å². The lowest BCUT2D eigenvalue weighted by molar-refractivity contribution is -0.123. The van der Waals surface area contributed by atoms with Gasteiger partial charge in [0.15, 0.2) is 6.61 Å². The summed E-state index contributed by atoms with van der Waals surface area (Å²) < 4.78 is 18.3. The number of halogens is 1. The number of hydrogen-bond acceptors (Lipinski definition) is 3. The molecule has 0 aliphatic heterocycles. The third-order valence-corrected chi connectivity index (χ3v) is 3.59. The quantitative estimate of drug-likeness (QED) is 0.758. The Hall–Kier alpha value is -2.95. The standard InChI is InChI=1S/C19H17FN2O2/c20-16-5-3-14(4-6-16)9-11-22-19(23)13-24-17-7-8-18-15(12-17)2-1-10-21-18/h1-8,10,12H,9,11,13H2,(H,22,23). The van der Waals surface area contributed by atoms with Gasteiger partial charge in [-0.2, -0.15) is 0 Å². The minimum atomic E-state index is -0.262. The Bertz CT molecular complexity index is 834. The molecule has 1 aromatic heterocycles. The first kappa shape index (κ1) is 15.9. The summed E-state index contributed by atoms with van der Waals surface area (Å²) in [4.78, 5) is 16.0. The van der Waals surface area contributed by atoms with Gasteiger partial charge in [0.25, 0.3) is 5.91 Å². The molecule has 3 rings (SSSR count). The second kappa shape index (κ2) is 7.55. The zero-order chi connectivity index (χ0) is 16.8. The van der Waals surface area contributed by atoms with Crippen molar-refractivity contribution < 1.29 is 13.9 Å². The van der Waals surface area contributed by atoms with Crippen molar-refractivity contribution in [3.8, 4) is 5.75 Å².